The number of nitrogens with two attached hydrogens (primary N) is 1. The summed E-state index contributed by atoms with van der Waals surface area (Å²) in [6, 6.07) is 5.13. The second-order valence-corrected chi connectivity index (χ2v) is 4.55. The second kappa shape index (κ2) is 5.78. The maximum atomic E-state index is 11.2. The lowest BCUT2D eigenvalue weighted by Crippen LogP contribution is -2.23. The Morgan fingerprint density at radius 3 is 3.06 bits per heavy atom. The fourth-order valence-corrected chi connectivity index (χ4v) is 2.00. The quantitative estimate of drug-likeness (QED) is 0.880. The van der Waals surface area contributed by atoms with E-state index >= 15 is 0 Å². The van der Waals surface area contributed by atoms with Crippen molar-refractivity contribution in [1.82, 2.24) is 0 Å². The van der Waals surface area contributed by atoms with Gasteiger partial charge in [-0.15, -0.1) is 0 Å². The number of hydrogen-bond donors (Lipinski definition) is 2. The van der Waals surface area contributed by atoms with Gasteiger partial charge in [-0.2, -0.15) is 0 Å². The summed E-state index contributed by atoms with van der Waals surface area (Å²) in [7, 11) is 0. The zero-order valence-corrected chi connectivity index (χ0v) is 10.6. The normalized spacial score (nSPS) is 18.2. The van der Waals surface area contributed by atoms with E-state index < -0.39 is 5.91 Å². The average molecular weight is 267 g/mol. The summed E-state index contributed by atoms with van der Waals surface area (Å²) in [5, 5.41) is 3.58. The molecule has 0 fully saturated rings. The van der Waals surface area contributed by atoms with E-state index in [4.69, 9.17) is 22.1 Å². The van der Waals surface area contributed by atoms with Crippen molar-refractivity contribution in [2.24, 2.45) is 5.73 Å². The SMILES string of the molecule is NC(=O)c1cc(NCC2CCC=CO2)ccc1Cl. The Morgan fingerprint density at radius 2 is 2.39 bits per heavy atom. The number of benzene rings is 1. The van der Waals surface area contributed by atoms with Gasteiger partial charge in [0, 0.05) is 5.69 Å². The van der Waals surface area contributed by atoms with E-state index in [1.54, 1.807) is 18.4 Å². The van der Waals surface area contributed by atoms with E-state index in [2.05, 4.69) is 5.32 Å². The Labute approximate surface area is 111 Å². The van der Waals surface area contributed by atoms with Crippen molar-refractivity contribution in [1.29, 1.82) is 0 Å². The van der Waals surface area contributed by atoms with Gasteiger partial charge >= 0.3 is 0 Å². The van der Waals surface area contributed by atoms with Crippen LogP contribution in [0.4, 0.5) is 5.69 Å². The van der Waals surface area contributed by atoms with E-state index in [1.165, 1.54) is 0 Å². The predicted octanol–water partition coefficient (Wildman–Crippen LogP) is 2.54. The summed E-state index contributed by atoms with van der Waals surface area (Å²) in [5.41, 5.74) is 6.37. The third-order valence-electron chi connectivity index (χ3n) is 2.79. The number of carbonyl (C=O) groups excluding carboxylic acids is 1. The fraction of sp³-hybridized carbons (Fsp3) is 0.308. The number of carbonyl (C=O) groups is 1. The molecule has 3 N–H and O–H groups in total. The Kier molecular flexibility index (Phi) is 4.10. The van der Waals surface area contributed by atoms with E-state index in [0.717, 1.165) is 18.5 Å². The molecule has 0 saturated carbocycles. The van der Waals surface area contributed by atoms with Gasteiger partial charge in [-0.05, 0) is 37.1 Å². The lowest BCUT2D eigenvalue weighted by molar-refractivity contribution is 0.100. The maximum absolute atomic E-state index is 11.2. The summed E-state index contributed by atoms with van der Waals surface area (Å²) in [5.74, 6) is -0.527. The Balaban J connectivity index is 1.99. The van der Waals surface area contributed by atoms with Gasteiger partial charge < -0.3 is 15.8 Å². The first-order chi connectivity index (χ1) is 8.66. The van der Waals surface area contributed by atoms with Gasteiger partial charge in [0.15, 0.2) is 0 Å². The molecular formula is C13H15ClN2O2. The first-order valence-corrected chi connectivity index (χ1v) is 6.18. The van der Waals surface area contributed by atoms with Crippen LogP contribution in [0.25, 0.3) is 0 Å². The van der Waals surface area contributed by atoms with Gasteiger partial charge in [-0.1, -0.05) is 11.6 Å². The molecule has 0 spiro atoms. The molecule has 1 aromatic rings. The van der Waals surface area contributed by atoms with Gasteiger partial charge in [0.05, 0.1) is 23.4 Å². The highest BCUT2D eigenvalue weighted by atomic mass is 35.5. The number of allylic oxidation sites excluding steroid dienone is 1. The summed E-state index contributed by atoms with van der Waals surface area (Å²) < 4.78 is 5.44. The van der Waals surface area contributed by atoms with Crippen LogP contribution in [0.3, 0.4) is 0 Å². The van der Waals surface area contributed by atoms with Gasteiger partial charge in [0.2, 0.25) is 5.91 Å². The predicted molar refractivity (Wildman–Crippen MR) is 71.7 cm³/mol. The number of ether oxygens (including phenoxy) is 1. The highest BCUT2D eigenvalue weighted by Crippen LogP contribution is 2.20. The number of hydrogen-bond acceptors (Lipinski definition) is 3. The maximum Gasteiger partial charge on any atom is 0.250 e. The third-order valence-corrected chi connectivity index (χ3v) is 3.12. The van der Waals surface area contributed by atoms with Crippen molar-refractivity contribution in [2.75, 3.05) is 11.9 Å². The molecule has 0 bridgehead atoms. The number of anilines is 1. The molecule has 1 unspecified atom stereocenters. The van der Waals surface area contributed by atoms with E-state index in [1.807, 2.05) is 12.1 Å². The molecule has 18 heavy (non-hydrogen) atoms. The van der Waals surface area contributed by atoms with Gasteiger partial charge in [-0.25, -0.2) is 0 Å². The number of nitrogens with one attached hydrogen (secondary N) is 1. The van der Waals surface area contributed by atoms with Crippen molar-refractivity contribution in [3.8, 4) is 0 Å². The van der Waals surface area contributed by atoms with Crippen LogP contribution in [-0.4, -0.2) is 18.6 Å². The highest BCUT2D eigenvalue weighted by Gasteiger charge is 2.12. The largest absolute Gasteiger partial charge is 0.497 e. The summed E-state index contributed by atoms with van der Waals surface area (Å²) in [4.78, 5) is 11.2. The van der Waals surface area contributed by atoms with Crippen molar-refractivity contribution in [2.45, 2.75) is 18.9 Å². The zero-order valence-electron chi connectivity index (χ0n) is 9.86. The molecule has 0 saturated heterocycles. The van der Waals surface area contributed by atoms with Gasteiger partial charge in [-0.3, -0.25) is 4.79 Å². The van der Waals surface area contributed by atoms with Crippen molar-refractivity contribution in [3.63, 3.8) is 0 Å². The molecule has 96 valence electrons. The van der Waals surface area contributed by atoms with Gasteiger partial charge in [0.1, 0.15) is 6.10 Å². The Morgan fingerprint density at radius 1 is 1.56 bits per heavy atom. The van der Waals surface area contributed by atoms with Crippen LogP contribution >= 0.6 is 11.6 Å². The number of rotatable bonds is 4. The molecule has 0 radical (unpaired) electrons. The topological polar surface area (TPSA) is 64.4 Å². The minimum Gasteiger partial charge on any atom is -0.497 e. The van der Waals surface area contributed by atoms with Crippen LogP contribution < -0.4 is 11.1 Å². The van der Waals surface area contributed by atoms with Gasteiger partial charge in [0.25, 0.3) is 0 Å². The minimum absolute atomic E-state index is 0.155. The molecule has 1 aliphatic rings. The Bertz CT molecular complexity index is 474. The monoisotopic (exact) mass is 266 g/mol. The van der Waals surface area contributed by atoms with E-state index in [-0.39, 0.29) is 6.10 Å². The molecule has 0 aromatic heterocycles. The zero-order chi connectivity index (χ0) is 13.0. The second-order valence-electron chi connectivity index (χ2n) is 4.15. The number of halogens is 1. The molecule has 1 aromatic carbocycles. The van der Waals surface area contributed by atoms with Crippen molar-refractivity contribution in [3.05, 3.63) is 41.1 Å². The molecule has 5 heteroatoms. The molecule has 4 nitrogen and oxygen atoms in total. The average Bonchev–Trinajstić information content (AvgIpc) is 2.38. The van der Waals surface area contributed by atoms with Crippen LogP contribution in [0.2, 0.25) is 5.02 Å². The Hall–Kier alpha value is -1.68. The molecule has 2 rings (SSSR count). The number of primary amides is 1. The summed E-state index contributed by atoms with van der Waals surface area (Å²) in [6.45, 7) is 0.685. The third kappa shape index (κ3) is 3.17. The first-order valence-electron chi connectivity index (χ1n) is 5.80. The molecule has 1 aliphatic heterocycles. The van der Waals surface area contributed by atoms with Crippen LogP contribution in [0, 0.1) is 0 Å². The molecule has 1 amide bonds. The number of amides is 1. The minimum atomic E-state index is -0.527. The molecule has 1 heterocycles. The molecule has 0 aliphatic carbocycles. The molecule has 1 atom stereocenters. The first kappa shape index (κ1) is 12.8. The van der Waals surface area contributed by atoms with E-state index in [9.17, 15) is 4.79 Å². The highest BCUT2D eigenvalue weighted by molar-refractivity contribution is 6.33. The molecular weight excluding hydrogens is 252 g/mol. The van der Waals surface area contributed by atoms with Crippen LogP contribution in [-0.2, 0) is 4.74 Å². The smallest absolute Gasteiger partial charge is 0.250 e. The summed E-state index contributed by atoms with van der Waals surface area (Å²) in [6.07, 6.45) is 5.90. The summed E-state index contributed by atoms with van der Waals surface area (Å²) >= 11 is 5.88. The lowest BCUT2D eigenvalue weighted by Gasteiger charge is -2.20. The van der Waals surface area contributed by atoms with E-state index in [0.29, 0.717) is 17.1 Å². The van der Waals surface area contributed by atoms with Crippen molar-refractivity contribution >= 4 is 23.2 Å². The standard InChI is InChI=1S/C13H15ClN2O2/c14-12-5-4-9(7-11(12)13(15)17)16-8-10-3-1-2-6-18-10/h2,4-7,10,16H,1,3,8H2,(H2,15,17). The van der Waals surface area contributed by atoms with Crippen LogP contribution in [0.15, 0.2) is 30.5 Å². The van der Waals surface area contributed by atoms with Crippen LogP contribution in [0.1, 0.15) is 23.2 Å². The lowest BCUT2D eigenvalue weighted by atomic mass is 10.1. The van der Waals surface area contributed by atoms with Crippen LogP contribution in [0.5, 0.6) is 0 Å². The van der Waals surface area contributed by atoms with Crippen molar-refractivity contribution < 1.29 is 9.53 Å². The fourth-order valence-electron chi connectivity index (χ4n) is 1.79.